The van der Waals surface area contributed by atoms with E-state index in [-0.39, 0.29) is 5.91 Å². The number of hydrogen-bond donors (Lipinski definition) is 0. The molecular weight excluding hydrogens is 424 g/mol. The molecule has 0 aromatic heterocycles. The minimum Gasteiger partial charge on any atom is -0.444 e. The minimum atomic E-state index is -0.892. The summed E-state index contributed by atoms with van der Waals surface area (Å²) in [6.45, 7) is 10.2. The van der Waals surface area contributed by atoms with Gasteiger partial charge in [0.25, 0.3) is 0 Å². The third-order valence-corrected chi connectivity index (χ3v) is 5.71. The molecule has 0 aliphatic heterocycles. The van der Waals surface area contributed by atoms with E-state index in [0.29, 0.717) is 18.5 Å². The highest BCUT2D eigenvalue weighted by Crippen LogP contribution is 2.26. The first-order valence-corrected chi connectivity index (χ1v) is 11.5. The second-order valence-electron chi connectivity index (χ2n) is 9.58. The van der Waals surface area contributed by atoms with Crippen LogP contribution in [0.1, 0.15) is 31.9 Å². The summed E-state index contributed by atoms with van der Waals surface area (Å²) < 4.78 is 5.57. The molecule has 0 spiro atoms. The Labute approximate surface area is 202 Å². The summed E-state index contributed by atoms with van der Waals surface area (Å²) in [5.41, 5.74) is 1.83. The van der Waals surface area contributed by atoms with Gasteiger partial charge in [0.15, 0.2) is 0 Å². The fraction of sp³-hybridized carbons (Fsp3) is 0.310. The second-order valence-corrected chi connectivity index (χ2v) is 9.58. The van der Waals surface area contributed by atoms with E-state index in [1.165, 1.54) is 4.90 Å². The first kappa shape index (κ1) is 25.0. The van der Waals surface area contributed by atoms with Gasteiger partial charge in [-0.3, -0.25) is 9.69 Å². The van der Waals surface area contributed by atoms with E-state index >= 15 is 0 Å². The summed E-state index contributed by atoms with van der Waals surface area (Å²) in [5, 5.41) is 2.15. The van der Waals surface area contributed by atoms with Gasteiger partial charge in [-0.15, -0.1) is 0 Å². The summed E-state index contributed by atoms with van der Waals surface area (Å²) >= 11 is 0. The normalized spacial score (nSPS) is 12.1. The molecule has 3 aromatic rings. The van der Waals surface area contributed by atoms with Crippen molar-refractivity contribution in [2.45, 2.75) is 38.8 Å². The molecule has 34 heavy (non-hydrogen) atoms. The highest BCUT2D eigenvalue weighted by Gasteiger charge is 2.34. The van der Waals surface area contributed by atoms with Crippen LogP contribution < -0.4 is 0 Å². The summed E-state index contributed by atoms with van der Waals surface area (Å²) in [7, 11) is 3.35. The molecule has 0 aliphatic rings. The van der Waals surface area contributed by atoms with Crippen LogP contribution in [0.4, 0.5) is 4.79 Å². The average molecular weight is 459 g/mol. The molecule has 0 aliphatic carbocycles. The predicted octanol–water partition coefficient (Wildman–Crippen LogP) is 5.79. The standard InChI is InChI=1S/C29H34N2O3/c1-21(24-17-16-23-14-10-11-15-25(23)20-24)26(31(6)28(33)34-29(2,3)4)27(32)30(5)19-18-22-12-8-7-9-13-22/h7-17,20,26H,1,18-19H2,2-6H3/t26-/m1/s1. The third-order valence-electron chi connectivity index (χ3n) is 5.71. The highest BCUT2D eigenvalue weighted by atomic mass is 16.6. The van der Waals surface area contributed by atoms with Gasteiger partial charge in [-0.1, -0.05) is 73.3 Å². The number of amides is 2. The largest absolute Gasteiger partial charge is 0.444 e. The molecule has 0 bridgehead atoms. The molecule has 178 valence electrons. The lowest BCUT2D eigenvalue weighted by molar-refractivity contribution is -0.133. The van der Waals surface area contributed by atoms with Crippen molar-refractivity contribution < 1.29 is 14.3 Å². The maximum Gasteiger partial charge on any atom is 0.410 e. The summed E-state index contributed by atoms with van der Waals surface area (Å²) in [5.74, 6) is -0.206. The number of nitrogens with zero attached hydrogens (tertiary/aromatic N) is 2. The molecule has 3 aromatic carbocycles. The zero-order valence-electron chi connectivity index (χ0n) is 20.7. The Bertz CT molecular complexity index is 1160. The number of fused-ring (bicyclic) bond motifs is 1. The van der Waals surface area contributed by atoms with Gasteiger partial charge in [0, 0.05) is 20.6 Å². The fourth-order valence-corrected chi connectivity index (χ4v) is 3.80. The molecule has 5 heteroatoms. The summed E-state index contributed by atoms with van der Waals surface area (Å²) in [6, 6.07) is 23.1. The van der Waals surface area contributed by atoms with Crippen molar-refractivity contribution in [1.29, 1.82) is 0 Å². The van der Waals surface area contributed by atoms with Crippen LogP contribution in [-0.2, 0) is 16.0 Å². The molecule has 0 radical (unpaired) electrons. The van der Waals surface area contributed by atoms with Gasteiger partial charge in [0.1, 0.15) is 11.6 Å². The minimum absolute atomic E-state index is 0.206. The molecular formula is C29H34N2O3. The van der Waals surface area contributed by atoms with E-state index in [0.717, 1.165) is 21.9 Å². The van der Waals surface area contributed by atoms with Gasteiger partial charge in [-0.25, -0.2) is 4.79 Å². The van der Waals surface area contributed by atoms with E-state index in [9.17, 15) is 9.59 Å². The molecule has 0 fully saturated rings. The van der Waals surface area contributed by atoms with E-state index < -0.39 is 17.7 Å². The zero-order chi connectivity index (χ0) is 24.9. The quantitative estimate of drug-likeness (QED) is 0.450. The summed E-state index contributed by atoms with van der Waals surface area (Å²) in [4.78, 5) is 29.6. The fourth-order valence-electron chi connectivity index (χ4n) is 3.80. The Morgan fingerprint density at radius 3 is 2.18 bits per heavy atom. The van der Waals surface area contributed by atoms with Crippen LogP contribution in [0.15, 0.2) is 79.4 Å². The third kappa shape index (κ3) is 6.25. The number of hydrogen-bond acceptors (Lipinski definition) is 3. The smallest absolute Gasteiger partial charge is 0.410 e. The van der Waals surface area contributed by atoms with Gasteiger partial charge in [-0.05, 0) is 60.7 Å². The van der Waals surface area contributed by atoms with Crippen molar-refractivity contribution in [3.63, 3.8) is 0 Å². The second kappa shape index (κ2) is 10.6. The van der Waals surface area contributed by atoms with Gasteiger partial charge in [0.05, 0.1) is 0 Å². The van der Waals surface area contributed by atoms with Crippen molar-refractivity contribution in [3.05, 3.63) is 90.5 Å². The van der Waals surface area contributed by atoms with Crippen LogP contribution in [0.3, 0.4) is 0 Å². The van der Waals surface area contributed by atoms with Gasteiger partial charge < -0.3 is 9.64 Å². The lowest BCUT2D eigenvalue weighted by Gasteiger charge is -2.33. The Kier molecular flexibility index (Phi) is 7.77. The van der Waals surface area contributed by atoms with Crippen LogP contribution in [-0.4, -0.2) is 54.1 Å². The maximum atomic E-state index is 13.7. The highest BCUT2D eigenvalue weighted by molar-refractivity contribution is 5.99. The van der Waals surface area contributed by atoms with E-state index in [4.69, 9.17) is 4.74 Å². The van der Waals surface area contributed by atoms with Crippen LogP contribution in [0.2, 0.25) is 0 Å². The van der Waals surface area contributed by atoms with Crippen LogP contribution in [0.25, 0.3) is 16.3 Å². The Balaban J connectivity index is 1.89. The molecule has 0 unspecified atom stereocenters. The monoisotopic (exact) mass is 458 g/mol. The number of carbonyl (C=O) groups is 2. The van der Waals surface area contributed by atoms with Crippen LogP contribution in [0, 0.1) is 0 Å². The molecule has 5 nitrogen and oxygen atoms in total. The molecule has 0 N–H and O–H groups in total. The number of benzene rings is 3. The Morgan fingerprint density at radius 2 is 1.53 bits per heavy atom. The Morgan fingerprint density at radius 1 is 0.912 bits per heavy atom. The molecule has 2 amide bonds. The number of rotatable bonds is 7. The van der Waals surface area contributed by atoms with Crippen molar-refractivity contribution >= 4 is 28.3 Å². The summed E-state index contributed by atoms with van der Waals surface area (Å²) in [6.07, 6.45) is 0.151. The number of ether oxygens (including phenoxy) is 1. The van der Waals surface area contributed by atoms with Gasteiger partial charge in [-0.2, -0.15) is 0 Å². The molecule has 1 atom stereocenters. The zero-order valence-corrected chi connectivity index (χ0v) is 20.7. The van der Waals surface area contributed by atoms with Crippen LogP contribution >= 0.6 is 0 Å². The van der Waals surface area contributed by atoms with E-state index in [1.807, 2.05) is 72.8 Å². The van der Waals surface area contributed by atoms with Gasteiger partial charge in [0.2, 0.25) is 5.91 Å². The SMILES string of the molecule is C=C(c1ccc2ccccc2c1)[C@H](C(=O)N(C)CCc1ccccc1)N(C)C(=O)OC(C)(C)C. The van der Waals surface area contributed by atoms with Crippen LogP contribution in [0.5, 0.6) is 0 Å². The molecule has 0 saturated heterocycles. The Hall–Kier alpha value is -3.60. The van der Waals surface area contributed by atoms with E-state index in [2.05, 4.69) is 6.58 Å². The molecule has 3 rings (SSSR count). The van der Waals surface area contributed by atoms with E-state index in [1.54, 1.807) is 39.8 Å². The predicted molar refractivity (Wildman–Crippen MR) is 139 cm³/mol. The lowest BCUT2D eigenvalue weighted by atomic mass is 9.95. The lowest BCUT2D eigenvalue weighted by Crippen LogP contribution is -2.50. The average Bonchev–Trinajstić information content (AvgIpc) is 2.81. The van der Waals surface area contributed by atoms with Gasteiger partial charge >= 0.3 is 6.09 Å². The van der Waals surface area contributed by atoms with Crippen molar-refractivity contribution in [3.8, 4) is 0 Å². The van der Waals surface area contributed by atoms with Crippen molar-refractivity contribution in [2.24, 2.45) is 0 Å². The number of carbonyl (C=O) groups excluding carboxylic acids is 2. The van der Waals surface area contributed by atoms with Crippen molar-refractivity contribution in [2.75, 3.05) is 20.6 Å². The first-order valence-electron chi connectivity index (χ1n) is 11.5. The number of likely N-dealkylation sites (N-methyl/N-ethyl adjacent to an activating group) is 2. The molecule has 0 heterocycles. The molecule has 0 saturated carbocycles. The van der Waals surface area contributed by atoms with Crippen molar-refractivity contribution in [1.82, 2.24) is 9.80 Å². The topological polar surface area (TPSA) is 49.9 Å². The maximum absolute atomic E-state index is 13.7. The first-order chi connectivity index (χ1) is 16.1.